The molecule has 0 bridgehead atoms. The van der Waals surface area contributed by atoms with E-state index in [0.717, 1.165) is 19.3 Å². The standard InChI is InChI=1S/C8H14O3/c1-2-3-4-6-5-7(9)8(10)11-6/h6-7,9H,2-5H2,1H3/t6-,7+/m1/s1. The molecule has 0 spiro atoms. The first kappa shape index (κ1) is 8.53. The molecular weight excluding hydrogens is 144 g/mol. The summed E-state index contributed by atoms with van der Waals surface area (Å²) in [5, 5.41) is 8.99. The Labute approximate surface area is 66.4 Å². The zero-order chi connectivity index (χ0) is 8.27. The van der Waals surface area contributed by atoms with Crippen LogP contribution in [0.25, 0.3) is 0 Å². The molecule has 1 saturated heterocycles. The lowest BCUT2D eigenvalue weighted by atomic mass is 10.1. The van der Waals surface area contributed by atoms with Crippen LogP contribution >= 0.6 is 0 Å². The van der Waals surface area contributed by atoms with Crippen molar-refractivity contribution < 1.29 is 14.6 Å². The molecule has 0 aromatic rings. The maximum atomic E-state index is 10.7. The molecule has 0 saturated carbocycles. The van der Waals surface area contributed by atoms with E-state index in [1.54, 1.807) is 0 Å². The maximum Gasteiger partial charge on any atom is 0.335 e. The average Bonchev–Trinajstić information content (AvgIpc) is 2.28. The minimum absolute atomic E-state index is 0.0301. The molecule has 0 radical (unpaired) electrons. The van der Waals surface area contributed by atoms with Gasteiger partial charge in [-0.25, -0.2) is 4.79 Å². The van der Waals surface area contributed by atoms with Gasteiger partial charge in [-0.2, -0.15) is 0 Å². The highest BCUT2D eigenvalue weighted by atomic mass is 16.6. The van der Waals surface area contributed by atoms with E-state index < -0.39 is 12.1 Å². The van der Waals surface area contributed by atoms with Crippen LogP contribution in [-0.4, -0.2) is 23.3 Å². The predicted molar refractivity (Wildman–Crippen MR) is 40.0 cm³/mol. The quantitative estimate of drug-likeness (QED) is 0.619. The van der Waals surface area contributed by atoms with Gasteiger partial charge in [-0.3, -0.25) is 0 Å². The van der Waals surface area contributed by atoms with E-state index in [1.807, 2.05) is 0 Å². The molecule has 1 N–H and O–H groups in total. The Morgan fingerprint density at radius 2 is 2.45 bits per heavy atom. The SMILES string of the molecule is CCCC[C@@H]1C[C@H](O)C(=O)O1. The number of aliphatic hydroxyl groups is 1. The molecule has 0 aromatic carbocycles. The highest BCUT2D eigenvalue weighted by Gasteiger charge is 2.31. The summed E-state index contributed by atoms with van der Waals surface area (Å²) in [4.78, 5) is 10.7. The molecule has 11 heavy (non-hydrogen) atoms. The Balaban J connectivity index is 2.24. The van der Waals surface area contributed by atoms with Crippen molar-refractivity contribution in [2.75, 3.05) is 0 Å². The molecule has 0 unspecified atom stereocenters. The topological polar surface area (TPSA) is 46.5 Å². The Bertz CT molecular complexity index is 144. The van der Waals surface area contributed by atoms with E-state index in [1.165, 1.54) is 0 Å². The lowest BCUT2D eigenvalue weighted by molar-refractivity contribution is -0.147. The summed E-state index contributed by atoms with van der Waals surface area (Å²) in [6.07, 6.45) is 2.64. The summed E-state index contributed by atoms with van der Waals surface area (Å²) in [6, 6.07) is 0. The smallest absolute Gasteiger partial charge is 0.335 e. The molecular formula is C8H14O3. The number of rotatable bonds is 3. The number of aliphatic hydroxyl groups excluding tert-OH is 1. The van der Waals surface area contributed by atoms with Gasteiger partial charge in [0.2, 0.25) is 0 Å². The van der Waals surface area contributed by atoms with Crippen LogP contribution in [0.1, 0.15) is 32.6 Å². The van der Waals surface area contributed by atoms with Crippen molar-refractivity contribution in [1.29, 1.82) is 0 Å². The van der Waals surface area contributed by atoms with E-state index >= 15 is 0 Å². The molecule has 0 aliphatic carbocycles. The second-order valence-corrected chi connectivity index (χ2v) is 2.95. The van der Waals surface area contributed by atoms with Crippen molar-refractivity contribution in [2.24, 2.45) is 0 Å². The van der Waals surface area contributed by atoms with Crippen molar-refractivity contribution in [1.82, 2.24) is 0 Å². The minimum Gasteiger partial charge on any atom is -0.460 e. The fraction of sp³-hybridized carbons (Fsp3) is 0.875. The second-order valence-electron chi connectivity index (χ2n) is 2.95. The van der Waals surface area contributed by atoms with Crippen molar-refractivity contribution >= 4 is 5.97 Å². The molecule has 1 fully saturated rings. The summed E-state index contributed by atoms with van der Waals surface area (Å²) in [6.45, 7) is 2.09. The van der Waals surface area contributed by atoms with Crippen LogP contribution in [-0.2, 0) is 9.53 Å². The molecule has 1 heterocycles. The van der Waals surface area contributed by atoms with Crippen molar-refractivity contribution in [3.05, 3.63) is 0 Å². The average molecular weight is 158 g/mol. The molecule has 1 aliphatic heterocycles. The Morgan fingerprint density at radius 3 is 2.91 bits per heavy atom. The first-order valence-corrected chi connectivity index (χ1v) is 4.12. The molecule has 1 rings (SSSR count). The van der Waals surface area contributed by atoms with Gasteiger partial charge in [-0.1, -0.05) is 19.8 Å². The van der Waals surface area contributed by atoms with Crippen molar-refractivity contribution in [2.45, 2.75) is 44.8 Å². The Hall–Kier alpha value is -0.570. The monoisotopic (exact) mass is 158 g/mol. The number of unbranched alkanes of at least 4 members (excludes halogenated alkanes) is 1. The molecule has 64 valence electrons. The van der Waals surface area contributed by atoms with Crippen LogP contribution in [0.2, 0.25) is 0 Å². The number of esters is 1. The van der Waals surface area contributed by atoms with Crippen molar-refractivity contribution in [3.63, 3.8) is 0 Å². The lowest BCUT2D eigenvalue weighted by Gasteiger charge is -2.05. The third-order valence-electron chi connectivity index (χ3n) is 1.92. The van der Waals surface area contributed by atoms with Crippen LogP contribution in [0, 0.1) is 0 Å². The molecule has 0 aromatic heterocycles. The van der Waals surface area contributed by atoms with Gasteiger partial charge in [0.05, 0.1) is 0 Å². The van der Waals surface area contributed by atoms with E-state index in [0.29, 0.717) is 6.42 Å². The normalized spacial score (nSPS) is 30.5. The summed E-state index contributed by atoms with van der Waals surface area (Å²) >= 11 is 0. The maximum absolute atomic E-state index is 10.7. The van der Waals surface area contributed by atoms with Crippen molar-refractivity contribution in [3.8, 4) is 0 Å². The summed E-state index contributed by atoms with van der Waals surface area (Å²) < 4.78 is 4.89. The first-order chi connectivity index (χ1) is 5.24. The van der Waals surface area contributed by atoms with Gasteiger partial charge in [0.15, 0.2) is 6.10 Å². The van der Waals surface area contributed by atoms with Crippen LogP contribution < -0.4 is 0 Å². The molecule has 0 amide bonds. The third kappa shape index (κ3) is 2.19. The van der Waals surface area contributed by atoms with Gasteiger partial charge in [0.1, 0.15) is 6.10 Å². The fourth-order valence-corrected chi connectivity index (χ4v) is 1.24. The molecule has 3 heteroatoms. The van der Waals surface area contributed by atoms with E-state index in [4.69, 9.17) is 9.84 Å². The first-order valence-electron chi connectivity index (χ1n) is 4.12. The van der Waals surface area contributed by atoms with E-state index in [-0.39, 0.29) is 6.10 Å². The Kier molecular flexibility index (Phi) is 2.88. The lowest BCUT2D eigenvalue weighted by Crippen LogP contribution is -2.11. The van der Waals surface area contributed by atoms with Gasteiger partial charge >= 0.3 is 5.97 Å². The zero-order valence-corrected chi connectivity index (χ0v) is 6.75. The second kappa shape index (κ2) is 3.72. The summed E-state index contributed by atoms with van der Waals surface area (Å²) in [5.41, 5.74) is 0. The number of carbonyl (C=O) groups excluding carboxylic acids is 1. The summed E-state index contributed by atoms with van der Waals surface area (Å²) in [5.74, 6) is -0.453. The van der Waals surface area contributed by atoms with Gasteiger partial charge in [0, 0.05) is 6.42 Å². The van der Waals surface area contributed by atoms with E-state index in [9.17, 15) is 4.79 Å². The largest absolute Gasteiger partial charge is 0.460 e. The van der Waals surface area contributed by atoms with Crippen LogP contribution in [0.4, 0.5) is 0 Å². The van der Waals surface area contributed by atoms with Crippen LogP contribution in [0.3, 0.4) is 0 Å². The number of cyclic esters (lactones) is 1. The fourth-order valence-electron chi connectivity index (χ4n) is 1.24. The molecule has 1 aliphatic rings. The van der Waals surface area contributed by atoms with Gasteiger partial charge in [0.25, 0.3) is 0 Å². The van der Waals surface area contributed by atoms with Crippen LogP contribution in [0.15, 0.2) is 0 Å². The number of hydrogen-bond acceptors (Lipinski definition) is 3. The van der Waals surface area contributed by atoms with Crippen LogP contribution in [0.5, 0.6) is 0 Å². The number of ether oxygens (including phenoxy) is 1. The zero-order valence-electron chi connectivity index (χ0n) is 6.75. The van der Waals surface area contributed by atoms with Gasteiger partial charge < -0.3 is 9.84 Å². The van der Waals surface area contributed by atoms with Gasteiger partial charge in [-0.05, 0) is 6.42 Å². The predicted octanol–water partition coefficient (Wildman–Crippen LogP) is 0.853. The van der Waals surface area contributed by atoms with Gasteiger partial charge in [-0.15, -0.1) is 0 Å². The number of hydrogen-bond donors (Lipinski definition) is 1. The highest BCUT2D eigenvalue weighted by Crippen LogP contribution is 2.19. The van der Waals surface area contributed by atoms with E-state index in [2.05, 4.69) is 6.92 Å². The highest BCUT2D eigenvalue weighted by molar-refractivity contribution is 5.76. The minimum atomic E-state index is -0.864. The molecule has 2 atom stereocenters. The Morgan fingerprint density at radius 1 is 1.73 bits per heavy atom. The number of carbonyl (C=O) groups is 1. The molecule has 3 nitrogen and oxygen atoms in total. The summed E-state index contributed by atoms with van der Waals surface area (Å²) in [7, 11) is 0. The third-order valence-corrected chi connectivity index (χ3v) is 1.92.